The molecule has 1 amide bonds. The summed E-state index contributed by atoms with van der Waals surface area (Å²) < 4.78 is 1.34. The predicted octanol–water partition coefficient (Wildman–Crippen LogP) is 3.98. The Morgan fingerprint density at radius 1 is 1.17 bits per heavy atom. The van der Waals surface area contributed by atoms with Crippen molar-refractivity contribution < 1.29 is 4.79 Å². The van der Waals surface area contributed by atoms with Crippen molar-refractivity contribution in [1.29, 1.82) is 0 Å². The lowest BCUT2D eigenvalue weighted by atomic mass is 10.1. The molecular formula is C22H23N5O2S. The van der Waals surface area contributed by atoms with E-state index in [4.69, 9.17) is 0 Å². The molecule has 0 bridgehead atoms. The first-order chi connectivity index (χ1) is 14.6. The second-order valence-electron chi connectivity index (χ2n) is 7.12. The number of aryl methyl sites for hydroxylation is 1. The third-order valence-corrected chi connectivity index (χ3v) is 5.84. The lowest BCUT2D eigenvalue weighted by Gasteiger charge is -2.19. The maximum Gasteiger partial charge on any atom is 0.277 e. The number of aromatic nitrogens is 4. The van der Waals surface area contributed by atoms with E-state index in [0.717, 1.165) is 18.4 Å². The Morgan fingerprint density at radius 3 is 2.67 bits per heavy atom. The molecule has 0 aliphatic rings. The molecule has 3 heterocycles. The highest BCUT2D eigenvalue weighted by Gasteiger charge is 2.23. The minimum atomic E-state index is -0.177. The molecule has 0 atom stereocenters. The second-order valence-corrected chi connectivity index (χ2v) is 8.07. The van der Waals surface area contributed by atoms with Crippen LogP contribution >= 0.6 is 11.3 Å². The number of nitrogens with zero attached hydrogens (tertiary/aromatic N) is 4. The van der Waals surface area contributed by atoms with Crippen molar-refractivity contribution in [3.05, 3.63) is 79.9 Å². The number of H-pyrrole nitrogens is 1. The molecule has 0 aliphatic heterocycles. The number of rotatable bonds is 7. The number of hydrogen-bond acceptors (Lipinski definition) is 5. The number of thiophene rings is 1. The molecule has 0 aliphatic carbocycles. The number of unbranched alkanes of at least 4 members (excludes halogenated alkanes) is 1. The van der Waals surface area contributed by atoms with Crippen LogP contribution in [0, 0.1) is 6.92 Å². The first-order valence-electron chi connectivity index (χ1n) is 9.96. The summed E-state index contributed by atoms with van der Waals surface area (Å²) in [4.78, 5) is 37.4. The number of amides is 1. The van der Waals surface area contributed by atoms with Crippen LogP contribution in [0.2, 0.25) is 0 Å². The molecule has 3 aromatic heterocycles. The number of fused-ring (bicyclic) bond motifs is 1. The third-order valence-electron chi connectivity index (χ3n) is 4.98. The van der Waals surface area contributed by atoms with E-state index in [-0.39, 0.29) is 17.2 Å². The molecule has 1 aromatic carbocycles. The molecule has 0 unspecified atom stereocenters. The van der Waals surface area contributed by atoms with E-state index >= 15 is 0 Å². The summed E-state index contributed by atoms with van der Waals surface area (Å²) in [6.45, 7) is 4.25. The first-order valence-corrected chi connectivity index (χ1v) is 10.8. The Kier molecular flexibility index (Phi) is 5.76. The van der Waals surface area contributed by atoms with Crippen molar-refractivity contribution in [1.82, 2.24) is 19.6 Å². The van der Waals surface area contributed by atoms with Gasteiger partial charge in [-0.15, -0.1) is 11.3 Å². The van der Waals surface area contributed by atoms with Gasteiger partial charge >= 0.3 is 0 Å². The van der Waals surface area contributed by atoms with Gasteiger partial charge in [0.15, 0.2) is 0 Å². The molecule has 30 heavy (non-hydrogen) atoms. The van der Waals surface area contributed by atoms with E-state index in [9.17, 15) is 9.59 Å². The van der Waals surface area contributed by atoms with Gasteiger partial charge in [-0.25, -0.2) is 4.98 Å². The highest BCUT2D eigenvalue weighted by Crippen LogP contribution is 2.20. The van der Waals surface area contributed by atoms with Gasteiger partial charge in [0.1, 0.15) is 0 Å². The summed E-state index contributed by atoms with van der Waals surface area (Å²) in [5.41, 5.74) is 2.17. The fourth-order valence-electron chi connectivity index (χ4n) is 3.35. The van der Waals surface area contributed by atoms with E-state index in [1.54, 1.807) is 11.0 Å². The van der Waals surface area contributed by atoms with Crippen molar-refractivity contribution in [3.63, 3.8) is 0 Å². The fourth-order valence-corrected chi connectivity index (χ4v) is 4.02. The predicted molar refractivity (Wildman–Crippen MR) is 118 cm³/mol. The average Bonchev–Trinajstić information content (AvgIpc) is 3.42. The standard InChI is InChI=1S/C22H23N5O2S/c1-3-4-11-17-15(2)23-21-24-22(25-27(21)19(17)28)26(14-16-9-6-5-7-10-16)20(29)18-12-8-13-30-18/h5-10,12-13H,3-4,11,14H2,1-2H3,(H,23,24,25). The van der Waals surface area contributed by atoms with Gasteiger partial charge < -0.3 is 0 Å². The highest BCUT2D eigenvalue weighted by atomic mass is 32.1. The van der Waals surface area contributed by atoms with Crippen molar-refractivity contribution >= 4 is 29.0 Å². The maximum atomic E-state index is 13.2. The number of benzene rings is 1. The Balaban J connectivity index is 1.79. The van der Waals surface area contributed by atoms with Gasteiger partial charge in [-0.3, -0.25) is 19.6 Å². The zero-order valence-electron chi connectivity index (χ0n) is 17.0. The van der Waals surface area contributed by atoms with Crippen LogP contribution in [0.4, 0.5) is 5.95 Å². The van der Waals surface area contributed by atoms with Crippen molar-refractivity contribution in [2.75, 3.05) is 4.90 Å². The largest absolute Gasteiger partial charge is 0.277 e. The summed E-state index contributed by atoms with van der Waals surface area (Å²) in [5.74, 6) is 0.391. The average molecular weight is 422 g/mol. The van der Waals surface area contributed by atoms with Gasteiger partial charge in [-0.2, -0.15) is 9.50 Å². The monoisotopic (exact) mass is 421 g/mol. The summed E-state index contributed by atoms with van der Waals surface area (Å²) in [7, 11) is 0. The smallest absolute Gasteiger partial charge is 0.272 e. The molecule has 4 aromatic rings. The number of carbonyl (C=O) groups is 1. The van der Waals surface area contributed by atoms with Gasteiger partial charge in [0, 0.05) is 5.56 Å². The van der Waals surface area contributed by atoms with Crippen LogP contribution in [-0.2, 0) is 13.0 Å². The normalized spacial score (nSPS) is 11.1. The molecule has 8 heteroatoms. The van der Waals surface area contributed by atoms with Crippen molar-refractivity contribution in [2.24, 2.45) is 0 Å². The molecule has 7 nitrogen and oxygen atoms in total. The quantitative estimate of drug-likeness (QED) is 0.489. The van der Waals surface area contributed by atoms with E-state index in [0.29, 0.717) is 35.0 Å². The van der Waals surface area contributed by atoms with Crippen LogP contribution in [0.25, 0.3) is 5.78 Å². The molecule has 0 spiro atoms. The topological polar surface area (TPSA) is 83.4 Å². The zero-order valence-corrected chi connectivity index (χ0v) is 17.8. The van der Waals surface area contributed by atoms with Crippen LogP contribution < -0.4 is 10.5 Å². The van der Waals surface area contributed by atoms with Crippen molar-refractivity contribution in [2.45, 2.75) is 39.7 Å². The summed E-state index contributed by atoms with van der Waals surface area (Å²) in [6, 6.07) is 13.3. The lowest BCUT2D eigenvalue weighted by Crippen LogP contribution is -2.31. The number of nitrogens with one attached hydrogen (secondary N) is 1. The van der Waals surface area contributed by atoms with Gasteiger partial charge in [0.25, 0.3) is 17.2 Å². The van der Waals surface area contributed by atoms with Crippen LogP contribution in [0.15, 0.2) is 52.6 Å². The lowest BCUT2D eigenvalue weighted by molar-refractivity contribution is 0.0987. The molecule has 4 rings (SSSR count). The Hall–Kier alpha value is -3.26. The Bertz CT molecular complexity index is 1210. The van der Waals surface area contributed by atoms with Crippen LogP contribution in [0.3, 0.4) is 0 Å². The molecule has 0 saturated heterocycles. The minimum Gasteiger partial charge on any atom is -0.272 e. The third kappa shape index (κ3) is 3.91. The number of anilines is 1. The minimum absolute atomic E-state index is 0.159. The van der Waals surface area contributed by atoms with Crippen molar-refractivity contribution in [3.8, 4) is 0 Å². The van der Waals surface area contributed by atoms with Crippen LogP contribution in [0.5, 0.6) is 0 Å². The fraction of sp³-hybridized carbons (Fsp3) is 0.273. The number of carbonyl (C=O) groups excluding carboxylic acids is 1. The Morgan fingerprint density at radius 2 is 1.97 bits per heavy atom. The molecule has 1 N–H and O–H groups in total. The molecule has 0 saturated carbocycles. The van der Waals surface area contributed by atoms with E-state index < -0.39 is 0 Å². The van der Waals surface area contributed by atoms with E-state index in [1.165, 1.54) is 15.9 Å². The van der Waals surface area contributed by atoms with Crippen LogP contribution in [-0.4, -0.2) is 25.5 Å². The zero-order chi connectivity index (χ0) is 21.1. The highest BCUT2D eigenvalue weighted by molar-refractivity contribution is 7.12. The SMILES string of the molecule is CCCCc1c(C)nc2nc(N(Cc3ccccc3)C(=O)c3cccs3)[nH]n2c1=O. The molecule has 0 radical (unpaired) electrons. The molecular weight excluding hydrogens is 398 g/mol. The van der Waals surface area contributed by atoms with E-state index in [1.807, 2.05) is 48.7 Å². The maximum absolute atomic E-state index is 13.2. The number of aromatic amines is 1. The summed E-state index contributed by atoms with van der Waals surface area (Å²) in [5, 5.41) is 4.87. The van der Waals surface area contributed by atoms with Gasteiger partial charge in [-0.05, 0) is 36.8 Å². The van der Waals surface area contributed by atoms with Gasteiger partial charge in [0.2, 0.25) is 5.95 Å². The molecule has 154 valence electrons. The van der Waals surface area contributed by atoms with Gasteiger partial charge in [0.05, 0.1) is 17.1 Å². The number of hydrogen-bond donors (Lipinski definition) is 1. The van der Waals surface area contributed by atoms with Crippen LogP contribution in [0.1, 0.15) is 46.3 Å². The Labute approximate surface area is 178 Å². The second kappa shape index (κ2) is 8.62. The first kappa shape index (κ1) is 20.0. The van der Waals surface area contributed by atoms with Gasteiger partial charge in [-0.1, -0.05) is 49.7 Å². The summed E-state index contributed by atoms with van der Waals surface area (Å²) >= 11 is 1.37. The summed E-state index contributed by atoms with van der Waals surface area (Å²) in [6.07, 6.45) is 2.59. The molecule has 0 fully saturated rings. The van der Waals surface area contributed by atoms with E-state index in [2.05, 4.69) is 22.0 Å².